The van der Waals surface area contributed by atoms with Gasteiger partial charge in [0.15, 0.2) is 11.6 Å². The number of Topliss-reactive ketones (excluding diaryl/α,β-unsaturated/α-hetero) is 1. The van der Waals surface area contributed by atoms with Crippen molar-refractivity contribution in [1.29, 1.82) is 0 Å². The summed E-state index contributed by atoms with van der Waals surface area (Å²) >= 11 is 0. The number of carbonyl (C=O) groups is 1. The van der Waals surface area contributed by atoms with Gasteiger partial charge in [0.05, 0.1) is 11.0 Å². The number of hydrogen-bond donors (Lipinski definition) is 2. The Balaban J connectivity index is 1.93. The van der Waals surface area contributed by atoms with E-state index in [2.05, 4.69) is 10.2 Å². The van der Waals surface area contributed by atoms with Gasteiger partial charge in [-0.3, -0.25) is 14.5 Å². The Kier molecular flexibility index (Phi) is 4.10. The molecule has 0 saturated carbocycles. The fraction of sp³-hybridized carbons (Fsp3) is 0.150. The standard InChI is InChI=1S/C20H18N4O2/c1-13(26)15-4-7-19-18(12-15)22-20(17-8-10-21-23-17)24(19)16-5-2-14(3-6-16)9-11-25/h2-8,10,12,25H,9,11H2,1H3,(H,21,23). The molecule has 130 valence electrons. The quantitative estimate of drug-likeness (QED) is 0.544. The van der Waals surface area contributed by atoms with Crippen LogP contribution in [0.3, 0.4) is 0 Å². The molecule has 0 bridgehead atoms. The topological polar surface area (TPSA) is 83.8 Å². The lowest BCUT2D eigenvalue weighted by atomic mass is 10.1. The van der Waals surface area contributed by atoms with Gasteiger partial charge in [0.2, 0.25) is 0 Å². The highest BCUT2D eigenvalue weighted by Gasteiger charge is 2.16. The molecule has 0 radical (unpaired) electrons. The van der Waals surface area contributed by atoms with Gasteiger partial charge in [-0.25, -0.2) is 4.98 Å². The largest absolute Gasteiger partial charge is 0.396 e. The molecule has 2 heterocycles. The highest BCUT2D eigenvalue weighted by atomic mass is 16.2. The van der Waals surface area contributed by atoms with Gasteiger partial charge in [-0.1, -0.05) is 12.1 Å². The third-order valence-corrected chi connectivity index (χ3v) is 4.40. The van der Waals surface area contributed by atoms with Crippen LogP contribution in [-0.2, 0) is 6.42 Å². The minimum atomic E-state index is 0.0119. The van der Waals surface area contributed by atoms with Gasteiger partial charge < -0.3 is 5.11 Å². The van der Waals surface area contributed by atoms with Crippen LogP contribution in [0.1, 0.15) is 22.8 Å². The van der Waals surface area contributed by atoms with Crippen LogP contribution in [0.2, 0.25) is 0 Å². The van der Waals surface area contributed by atoms with Crippen LogP contribution >= 0.6 is 0 Å². The van der Waals surface area contributed by atoms with Crippen molar-refractivity contribution in [3.8, 4) is 17.2 Å². The van der Waals surface area contributed by atoms with Gasteiger partial charge in [-0.05, 0) is 55.3 Å². The van der Waals surface area contributed by atoms with Crippen LogP contribution < -0.4 is 0 Å². The van der Waals surface area contributed by atoms with Gasteiger partial charge in [-0.2, -0.15) is 5.10 Å². The molecule has 6 nitrogen and oxygen atoms in total. The molecule has 0 atom stereocenters. The molecule has 0 fully saturated rings. The highest BCUT2D eigenvalue weighted by Crippen LogP contribution is 2.28. The predicted octanol–water partition coefficient (Wildman–Crippen LogP) is 3.15. The normalized spacial score (nSPS) is 11.2. The second-order valence-corrected chi connectivity index (χ2v) is 6.14. The molecule has 2 N–H and O–H groups in total. The van der Waals surface area contributed by atoms with Crippen molar-refractivity contribution in [1.82, 2.24) is 19.7 Å². The van der Waals surface area contributed by atoms with Crippen molar-refractivity contribution in [3.63, 3.8) is 0 Å². The number of benzene rings is 2. The first-order valence-corrected chi connectivity index (χ1v) is 8.41. The lowest BCUT2D eigenvalue weighted by Gasteiger charge is -2.09. The number of carbonyl (C=O) groups excluding carboxylic acids is 1. The maximum absolute atomic E-state index is 11.7. The number of aliphatic hydroxyl groups excluding tert-OH is 1. The number of H-pyrrole nitrogens is 1. The van der Waals surface area contributed by atoms with Crippen LogP contribution in [0.15, 0.2) is 54.7 Å². The van der Waals surface area contributed by atoms with Crippen molar-refractivity contribution in [2.75, 3.05) is 6.61 Å². The van der Waals surface area contributed by atoms with Gasteiger partial charge in [0.1, 0.15) is 5.69 Å². The summed E-state index contributed by atoms with van der Waals surface area (Å²) in [4.78, 5) is 16.4. The molecule has 4 rings (SSSR count). The molecule has 0 aliphatic rings. The number of fused-ring (bicyclic) bond motifs is 1. The van der Waals surface area contributed by atoms with Crippen molar-refractivity contribution in [2.45, 2.75) is 13.3 Å². The Labute approximate surface area is 150 Å². The molecule has 0 amide bonds. The molecule has 0 aliphatic heterocycles. The Morgan fingerprint density at radius 2 is 1.96 bits per heavy atom. The molecule has 6 heteroatoms. The number of aromatic amines is 1. The smallest absolute Gasteiger partial charge is 0.163 e. The Hall–Kier alpha value is -3.25. The summed E-state index contributed by atoms with van der Waals surface area (Å²) in [6.07, 6.45) is 2.31. The van der Waals surface area contributed by atoms with E-state index in [9.17, 15) is 4.79 Å². The molecule has 4 aromatic rings. The number of aromatic nitrogens is 4. The van der Waals surface area contributed by atoms with Gasteiger partial charge >= 0.3 is 0 Å². The number of ketones is 1. The predicted molar refractivity (Wildman–Crippen MR) is 99.4 cm³/mol. The zero-order valence-corrected chi connectivity index (χ0v) is 14.3. The lowest BCUT2D eigenvalue weighted by Crippen LogP contribution is -1.99. The molecule has 0 aliphatic carbocycles. The fourth-order valence-electron chi connectivity index (χ4n) is 3.06. The molecule has 0 spiro atoms. The van der Waals surface area contributed by atoms with Crippen LogP contribution in [0.25, 0.3) is 28.2 Å². The van der Waals surface area contributed by atoms with Crippen LogP contribution in [0, 0.1) is 0 Å². The number of rotatable bonds is 5. The summed E-state index contributed by atoms with van der Waals surface area (Å²) in [6.45, 7) is 1.68. The van der Waals surface area contributed by atoms with Crippen LogP contribution in [0.5, 0.6) is 0 Å². The fourth-order valence-corrected chi connectivity index (χ4v) is 3.06. The summed E-state index contributed by atoms with van der Waals surface area (Å²) in [7, 11) is 0. The van der Waals surface area contributed by atoms with Crippen molar-refractivity contribution in [3.05, 3.63) is 65.9 Å². The zero-order valence-electron chi connectivity index (χ0n) is 14.3. The minimum absolute atomic E-state index is 0.0119. The first-order chi connectivity index (χ1) is 12.7. The molecular formula is C20H18N4O2. The minimum Gasteiger partial charge on any atom is -0.396 e. The Morgan fingerprint density at radius 3 is 2.62 bits per heavy atom. The van der Waals surface area contributed by atoms with E-state index in [1.165, 1.54) is 0 Å². The van der Waals surface area contributed by atoms with Crippen molar-refractivity contribution < 1.29 is 9.90 Å². The first kappa shape index (κ1) is 16.2. The molecule has 2 aromatic carbocycles. The van der Waals surface area contributed by atoms with Crippen molar-refractivity contribution >= 4 is 16.8 Å². The van der Waals surface area contributed by atoms with E-state index in [0.29, 0.717) is 12.0 Å². The van der Waals surface area contributed by atoms with Gasteiger partial charge in [-0.15, -0.1) is 0 Å². The summed E-state index contributed by atoms with van der Waals surface area (Å²) in [6, 6.07) is 15.4. The maximum Gasteiger partial charge on any atom is 0.163 e. The van der Waals surface area contributed by atoms with E-state index in [1.807, 2.05) is 53.1 Å². The van der Waals surface area contributed by atoms with E-state index < -0.39 is 0 Å². The van der Waals surface area contributed by atoms with E-state index in [1.54, 1.807) is 13.1 Å². The van der Waals surface area contributed by atoms with Crippen LogP contribution in [-0.4, -0.2) is 37.2 Å². The second-order valence-electron chi connectivity index (χ2n) is 6.14. The molecule has 0 unspecified atom stereocenters. The average Bonchev–Trinajstić information content (AvgIpc) is 3.29. The number of nitrogens with zero attached hydrogens (tertiary/aromatic N) is 3. The first-order valence-electron chi connectivity index (χ1n) is 8.41. The Bertz CT molecular complexity index is 1060. The molecule has 0 saturated heterocycles. The summed E-state index contributed by atoms with van der Waals surface area (Å²) in [5.74, 6) is 0.742. The third-order valence-electron chi connectivity index (χ3n) is 4.40. The zero-order chi connectivity index (χ0) is 18.1. The number of hydrogen-bond acceptors (Lipinski definition) is 4. The summed E-state index contributed by atoms with van der Waals surface area (Å²) in [5, 5.41) is 16.1. The lowest BCUT2D eigenvalue weighted by molar-refractivity contribution is 0.101. The number of aliphatic hydroxyl groups is 1. The second kappa shape index (κ2) is 6.57. The Morgan fingerprint density at radius 1 is 1.15 bits per heavy atom. The van der Waals surface area contributed by atoms with E-state index in [0.717, 1.165) is 33.8 Å². The monoisotopic (exact) mass is 346 g/mol. The average molecular weight is 346 g/mol. The molecule has 26 heavy (non-hydrogen) atoms. The van der Waals surface area contributed by atoms with E-state index in [4.69, 9.17) is 10.1 Å². The van der Waals surface area contributed by atoms with Crippen LogP contribution in [0.4, 0.5) is 0 Å². The van der Waals surface area contributed by atoms with E-state index in [-0.39, 0.29) is 12.4 Å². The molecule has 2 aromatic heterocycles. The summed E-state index contributed by atoms with van der Waals surface area (Å²) < 4.78 is 2.04. The van der Waals surface area contributed by atoms with Gasteiger partial charge in [0.25, 0.3) is 0 Å². The van der Waals surface area contributed by atoms with Gasteiger partial charge in [0, 0.05) is 24.1 Å². The summed E-state index contributed by atoms with van der Waals surface area (Å²) in [5.41, 5.74) is 5.12. The maximum atomic E-state index is 11.7. The highest BCUT2D eigenvalue weighted by molar-refractivity contribution is 5.98. The van der Waals surface area contributed by atoms with Crippen molar-refractivity contribution in [2.24, 2.45) is 0 Å². The SMILES string of the molecule is CC(=O)c1ccc2c(c1)nc(-c1ccn[nH]1)n2-c1ccc(CCO)cc1. The third kappa shape index (κ3) is 2.80. The molecular weight excluding hydrogens is 328 g/mol. The number of imidazole rings is 1. The van der Waals surface area contributed by atoms with E-state index >= 15 is 0 Å². The number of nitrogens with one attached hydrogen (secondary N) is 1.